The molecule has 2 atom stereocenters. The number of carbonyl (C=O) groups is 1. The highest BCUT2D eigenvalue weighted by molar-refractivity contribution is 5.75. The molecule has 90 valence electrons. The summed E-state index contributed by atoms with van der Waals surface area (Å²) in [5, 5.41) is 0. The van der Waals surface area contributed by atoms with Gasteiger partial charge in [0.25, 0.3) is 0 Å². The lowest BCUT2D eigenvalue weighted by Crippen LogP contribution is -2.07. The van der Waals surface area contributed by atoms with E-state index < -0.39 is 11.7 Å². The van der Waals surface area contributed by atoms with Gasteiger partial charge in [-0.05, 0) is 38.7 Å². The largest absolute Gasteiger partial charge is 0.466 e. The standard InChI is InChI=1S/C12H16F2O2/c1-3-16-12(15)10-7-9(10)5-4-6-11(14)8(2)13/h4,6,9-10H,3,5,7H2,1-2H3. The number of halogens is 2. The van der Waals surface area contributed by atoms with Crippen molar-refractivity contribution in [3.8, 4) is 0 Å². The maximum Gasteiger partial charge on any atom is 0.309 e. The third kappa shape index (κ3) is 3.76. The van der Waals surface area contributed by atoms with E-state index in [0.29, 0.717) is 13.0 Å². The summed E-state index contributed by atoms with van der Waals surface area (Å²) in [6.07, 6.45) is 4.03. The van der Waals surface area contributed by atoms with E-state index in [1.165, 1.54) is 0 Å². The molecule has 4 heteroatoms. The van der Waals surface area contributed by atoms with Crippen molar-refractivity contribution in [3.05, 3.63) is 23.8 Å². The molecule has 0 saturated heterocycles. The third-order valence-corrected chi connectivity index (χ3v) is 2.54. The molecule has 1 rings (SSSR count). The van der Waals surface area contributed by atoms with Crippen LogP contribution in [0.1, 0.15) is 26.7 Å². The fourth-order valence-electron chi connectivity index (χ4n) is 1.51. The number of hydrogen-bond donors (Lipinski definition) is 0. The second-order valence-electron chi connectivity index (χ2n) is 3.87. The van der Waals surface area contributed by atoms with E-state index >= 15 is 0 Å². The zero-order valence-electron chi connectivity index (χ0n) is 9.50. The highest BCUT2D eigenvalue weighted by atomic mass is 19.2. The first-order valence-electron chi connectivity index (χ1n) is 5.41. The van der Waals surface area contributed by atoms with Crippen LogP contribution in [0.3, 0.4) is 0 Å². The van der Waals surface area contributed by atoms with Crippen LogP contribution in [0.5, 0.6) is 0 Å². The molecule has 0 aliphatic heterocycles. The highest BCUT2D eigenvalue weighted by Gasteiger charge is 2.42. The van der Waals surface area contributed by atoms with Crippen LogP contribution in [-0.4, -0.2) is 12.6 Å². The Morgan fingerprint density at radius 3 is 2.75 bits per heavy atom. The number of hydrogen-bond acceptors (Lipinski definition) is 2. The number of ether oxygens (including phenoxy) is 1. The van der Waals surface area contributed by atoms with E-state index in [2.05, 4.69) is 0 Å². The number of allylic oxidation sites excluding steroid dienone is 4. The summed E-state index contributed by atoms with van der Waals surface area (Å²) in [4.78, 5) is 11.2. The molecule has 0 bridgehead atoms. The van der Waals surface area contributed by atoms with Crippen LogP contribution in [-0.2, 0) is 9.53 Å². The maximum atomic E-state index is 12.7. The average Bonchev–Trinajstić information content (AvgIpc) is 2.97. The van der Waals surface area contributed by atoms with Crippen molar-refractivity contribution in [2.45, 2.75) is 26.7 Å². The lowest BCUT2D eigenvalue weighted by Gasteiger charge is -1.98. The van der Waals surface area contributed by atoms with Crippen molar-refractivity contribution >= 4 is 5.97 Å². The second-order valence-corrected chi connectivity index (χ2v) is 3.87. The van der Waals surface area contributed by atoms with Crippen LogP contribution in [0.2, 0.25) is 0 Å². The molecule has 1 saturated carbocycles. The Labute approximate surface area is 94.0 Å². The maximum absolute atomic E-state index is 12.7. The number of rotatable bonds is 5. The molecule has 1 fully saturated rings. The summed E-state index contributed by atoms with van der Waals surface area (Å²) in [5.74, 6) is -1.69. The molecule has 0 aromatic carbocycles. The van der Waals surface area contributed by atoms with Gasteiger partial charge in [-0.3, -0.25) is 4.79 Å². The first-order valence-corrected chi connectivity index (χ1v) is 5.41. The Morgan fingerprint density at radius 2 is 2.19 bits per heavy atom. The van der Waals surface area contributed by atoms with Crippen LogP contribution in [0.4, 0.5) is 8.78 Å². The van der Waals surface area contributed by atoms with Gasteiger partial charge in [-0.2, -0.15) is 0 Å². The predicted molar refractivity (Wildman–Crippen MR) is 56.9 cm³/mol. The van der Waals surface area contributed by atoms with Gasteiger partial charge in [-0.1, -0.05) is 6.08 Å². The normalized spacial score (nSPS) is 25.5. The van der Waals surface area contributed by atoms with Gasteiger partial charge >= 0.3 is 5.97 Å². The molecular formula is C12H16F2O2. The van der Waals surface area contributed by atoms with Gasteiger partial charge in [-0.15, -0.1) is 0 Å². The predicted octanol–water partition coefficient (Wildman–Crippen LogP) is 3.30. The Kier molecular flexibility index (Phi) is 4.65. The van der Waals surface area contributed by atoms with Gasteiger partial charge < -0.3 is 4.74 Å². The second kappa shape index (κ2) is 5.77. The third-order valence-electron chi connectivity index (χ3n) is 2.54. The summed E-state index contributed by atoms with van der Waals surface area (Å²) in [6.45, 7) is 3.22. The quantitative estimate of drug-likeness (QED) is 0.535. The molecule has 16 heavy (non-hydrogen) atoms. The van der Waals surface area contributed by atoms with Gasteiger partial charge in [0.05, 0.1) is 12.5 Å². The molecule has 0 amide bonds. The zero-order valence-corrected chi connectivity index (χ0v) is 9.50. The van der Waals surface area contributed by atoms with Gasteiger partial charge in [0, 0.05) is 0 Å². The van der Waals surface area contributed by atoms with E-state index in [-0.39, 0.29) is 17.8 Å². The Balaban J connectivity index is 2.28. The summed E-state index contributed by atoms with van der Waals surface area (Å²) < 4.78 is 29.9. The molecule has 0 radical (unpaired) electrons. The topological polar surface area (TPSA) is 26.3 Å². The minimum absolute atomic E-state index is 0.0527. The molecular weight excluding hydrogens is 214 g/mol. The number of esters is 1. The van der Waals surface area contributed by atoms with Crippen LogP contribution < -0.4 is 0 Å². The lowest BCUT2D eigenvalue weighted by atomic mass is 10.2. The first-order chi connectivity index (χ1) is 7.56. The molecule has 0 aromatic rings. The van der Waals surface area contributed by atoms with Crippen molar-refractivity contribution in [1.82, 2.24) is 0 Å². The van der Waals surface area contributed by atoms with Gasteiger partial charge in [0.2, 0.25) is 0 Å². The Hall–Kier alpha value is -1.19. The Bertz CT molecular complexity index is 317. The van der Waals surface area contributed by atoms with Crippen molar-refractivity contribution in [2.75, 3.05) is 6.61 Å². The minimum Gasteiger partial charge on any atom is -0.466 e. The first kappa shape index (κ1) is 12.9. The van der Waals surface area contributed by atoms with Crippen LogP contribution in [0.25, 0.3) is 0 Å². The van der Waals surface area contributed by atoms with E-state index in [1.54, 1.807) is 13.0 Å². The van der Waals surface area contributed by atoms with Crippen LogP contribution >= 0.6 is 0 Å². The van der Waals surface area contributed by atoms with Crippen molar-refractivity contribution < 1.29 is 18.3 Å². The molecule has 1 aliphatic rings. The zero-order chi connectivity index (χ0) is 12.1. The molecule has 2 unspecified atom stereocenters. The molecule has 0 aromatic heterocycles. The molecule has 0 spiro atoms. The SMILES string of the molecule is CCOC(=O)C1CC1CC=CC(F)=C(C)F. The fraction of sp³-hybridized carbons (Fsp3) is 0.583. The van der Waals surface area contributed by atoms with E-state index in [1.807, 2.05) is 0 Å². The molecule has 1 aliphatic carbocycles. The van der Waals surface area contributed by atoms with Gasteiger partial charge in [0.15, 0.2) is 5.83 Å². The van der Waals surface area contributed by atoms with Crippen molar-refractivity contribution in [1.29, 1.82) is 0 Å². The smallest absolute Gasteiger partial charge is 0.309 e. The van der Waals surface area contributed by atoms with E-state index in [0.717, 1.165) is 19.4 Å². The fourth-order valence-corrected chi connectivity index (χ4v) is 1.51. The monoisotopic (exact) mass is 230 g/mol. The molecule has 0 N–H and O–H groups in total. The summed E-state index contributed by atoms with van der Waals surface area (Å²) in [7, 11) is 0. The summed E-state index contributed by atoms with van der Waals surface area (Å²) in [5.41, 5.74) is 0. The van der Waals surface area contributed by atoms with Gasteiger partial charge in [0.1, 0.15) is 5.83 Å². The summed E-state index contributed by atoms with van der Waals surface area (Å²) >= 11 is 0. The molecule has 0 heterocycles. The Morgan fingerprint density at radius 1 is 1.50 bits per heavy atom. The van der Waals surface area contributed by atoms with Crippen LogP contribution in [0.15, 0.2) is 23.8 Å². The van der Waals surface area contributed by atoms with Crippen LogP contribution in [0, 0.1) is 11.8 Å². The lowest BCUT2D eigenvalue weighted by molar-refractivity contribution is -0.145. The van der Waals surface area contributed by atoms with E-state index in [9.17, 15) is 13.6 Å². The molecule has 2 nitrogen and oxygen atoms in total. The average molecular weight is 230 g/mol. The minimum atomic E-state index is -0.853. The number of carbonyl (C=O) groups excluding carboxylic acids is 1. The highest BCUT2D eigenvalue weighted by Crippen LogP contribution is 2.42. The van der Waals surface area contributed by atoms with E-state index in [4.69, 9.17) is 4.74 Å². The van der Waals surface area contributed by atoms with Gasteiger partial charge in [-0.25, -0.2) is 8.78 Å². The van der Waals surface area contributed by atoms with Crippen molar-refractivity contribution in [3.63, 3.8) is 0 Å². The summed E-state index contributed by atoms with van der Waals surface area (Å²) in [6, 6.07) is 0. The van der Waals surface area contributed by atoms with Crippen molar-refractivity contribution in [2.24, 2.45) is 11.8 Å².